The number of carbonyl (C=O) groups is 2. The molecular formula is C18H20N2O2S. The molecule has 0 spiro atoms. The second-order valence-corrected chi connectivity index (χ2v) is 6.91. The van der Waals surface area contributed by atoms with Gasteiger partial charge in [0.15, 0.2) is 0 Å². The molecule has 2 amide bonds. The molecule has 1 unspecified atom stereocenters. The Labute approximate surface area is 140 Å². The second kappa shape index (κ2) is 6.54. The molecule has 1 heterocycles. The maximum absolute atomic E-state index is 12.6. The normalized spacial score (nSPS) is 15.0. The molecule has 1 aliphatic rings. The van der Waals surface area contributed by atoms with Crippen molar-refractivity contribution in [3.63, 3.8) is 0 Å². The fourth-order valence-corrected chi connectivity index (χ4v) is 3.33. The van der Waals surface area contributed by atoms with E-state index in [1.54, 1.807) is 24.1 Å². The van der Waals surface area contributed by atoms with Crippen LogP contribution in [0.3, 0.4) is 0 Å². The van der Waals surface area contributed by atoms with Crippen molar-refractivity contribution in [1.29, 1.82) is 0 Å². The van der Waals surface area contributed by atoms with Gasteiger partial charge < -0.3 is 10.2 Å². The lowest BCUT2D eigenvalue weighted by Crippen LogP contribution is -2.35. The lowest BCUT2D eigenvalue weighted by Gasteiger charge is -2.21. The highest BCUT2D eigenvalue weighted by Gasteiger charge is 2.30. The number of amides is 2. The molecule has 1 aromatic heterocycles. The number of anilines is 1. The SMILES string of the molecule is CC(NC(=O)c1ccccc1N(C)C(=O)c1cccs1)C1CC1. The zero-order valence-corrected chi connectivity index (χ0v) is 14.1. The van der Waals surface area contributed by atoms with Crippen LogP contribution in [0.4, 0.5) is 5.69 Å². The maximum Gasteiger partial charge on any atom is 0.268 e. The zero-order chi connectivity index (χ0) is 16.4. The summed E-state index contributed by atoms with van der Waals surface area (Å²) in [5.41, 5.74) is 1.17. The third-order valence-electron chi connectivity index (χ3n) is 4.23. The Hall–Kier alpha value is -2.14. The largest absolute Gasteiger partial charge is 0.349 e. The van der Waals surface area contributed by atoms with E-state index in [-0.39, 0.29) is 17.9 Å². The predicted molar refractivity (Wildman–Crippen MR) is 93.1 cm³/mol. The van der Waals surface area contributed by atoms with Crippen LogP contribution < -0.4 is 10.2 Å². The summed E-state index contributed by atoms with van der Waals surface area (Å²) in [7, 11) is 1.71. The second-order valence-electron chi connectivity index (χ2n) is 5.96. The summed E-state index contributed by atoms with van der Waals surface area (Å²) >= 11 is 1.40. The molecule has 1 saturated carbocycles. The third-order valence-corrected chi connectivity index (χ3v) is 5.09. The van der Waals surface area contributed by atoms with Gasteiger partial charge in [0.25, 0.3) is 11.8 Å². The van der Waals surface area contributed by atoms with Gasteiger partial charge in [0.1, 0.15) is 0 Å². The monoisotopic (exact) mass is 328 g/mol. The lowest BCUT2D eigenvalue weighted by atomic mass is 10.1. The fourth-order valence-electron chi connectivity index (χ4n) is 2.63. The van der Waals surface area contributed by atoms with Crippen molar-refractivity contribution in [2.24, 2.45) is 5.92 Å². The average molecular weight is 328 g/mol. The number of carbonyl (C=O) groups excluding carboxylic acids is 2. The van der Waals surface area contributed by atoms with Crippen LogP contribution in [0.1, 0.15) is 39.8 Å². The predicted octanol–water partition coefficient (Wildman–Crippen LogP) is 3.55. The van der Waals surface area contributed by atoms with Gasteiger partial charge in [-0.15, -0.1) is 11.3 Å². The Morgan fingerprint density at radius 2 is 1.96 bits per heavy atom. The molecule has 0 bridgehead atoms. The van der Waals surface area contributed by atoms with Gasteiger partial charge in [0.2, 0.25) is 0 Å². The minimum atomic E-state index is -0.120. The molecule has 1 atom stereocenters. The number of nitrogens with one attached hydrogen (secondary N) is 1. The van der Waals surface area contributed by atoms with E-state index in [4.69, 9.17) is 0 Å². The first-order chi connectivity index (χ1) is 11.1. The summed E-state index contributed by atoms with van der Waals surface area (Å²) in [5.74, 6) is 0.373. The van der Waals surface area contributed by atoms with Gasteiger partial charge in [-0.25, -0.2) is 0 Å². The number of benzene rings is 1. The summed E-state index contributed by atoms with van der Waals surface area (Å²) in [6, 6.07) is 11.1. The van der Waals surface area contributed by atoms with Gasteiger partial charge in [0, 0.05) is 13.1 Å². The van der Waals surface area contributed by atoms with Crippen molar-refractivity contribution in [3.05, 3.63) is 52.2 Å². The average Bonchev–Trinajstić information content (AvgIpc) is 3.28. The van der Waals surface area contributed by atoms with E-state index in [0.717, 1.165) is 0 Å². The van der Waals surface area contributed by atoms with Crippen molar-refractivity contribution in [2.75, 3.05) is 11.9 Å². The van der Waals surface area contributed by atoms with E-state index in [0.29, 0.717) is 22.0 Å². The maximum atomic E-state index is 12.6. The van der Waals surface area contributed by atoms with E-state index in [1.165, 1.54) is 24.2 Å². The van der Waals surface area contributed by atoms with Crippen molar-refractivity contribution in [3.8, 4) is 0 Å². The molecule has 0 aliphatic heterocycles. The van der Waals surface area contributed by atoms with Crippen LogP contribution in [-0.4, -0.2) is 24.9 Å². The molecule has 0 radical (unpaired) electrons. The fraction of sp³-hybridized carbons (Fsp3) is 0.333. The standard InChI is InChI=1S/C18H20N2O2S/c1-12(13-9-10-13)19-17(21)14-6-3-4-7-15(14)20(2)18(22)16-8-5-11-23-16/h3-8,11-13H,9-10H2,1-2H3,(H,19,21). The first kappa shape index (κ1) is 15.7. The van der Waals surface area contributed by atoms with Gasteiger partial charge in [-0.2, -0.15) is 0 Å². The van der Waals surface area contributed by atoms with Crippen LogP contribution in [-0.2, 0) is 0 Å². The molecular weight excluding hydrogens is 308 g/mol. The highest BCUT2D eigenvalue weighted by molar-refractivity contribution is 7.12. The minimum Gasteiger partial charge on any atom is -0.349 e. The quantitative estimate of drug-likeness (QED) is 0.912. The van der Waals surface area contributed by atoms with E-state index in [1.807, 2.05) is 36.6 Å². The van der Waals surface area contributed by atoms with E-state index in [9.17, 15) is 9.59 Å². The molecule has 3 rings (SSSR count). The van der Waals surface area contributed by atoms with Crippen LogP contribution in [0.25, 0.3) is 0 Å². The van der Waals surface area contributed by atoms with Crippen molar-refractivity contribution in [1.82, 2.24) is 5.32 Å². The molecule has 0 saturated heterocycles. The van der Waals surface area contributed by atoms with Crippen LogP contribution >= 0.6 is 11.3 Å². The van der Waals surface area contributed by atoms with Crippen molar-refractivity contribution >= 4 is 28.8 Å². The topological polar surface area (TPSA) is 49.4 Å². The van der Waals surface area contributed by atoms with Crippen LogP contribution in [0.15, 0.2) is 41.8 Å². The summed E-state index contributed by atoms with van der Waals surface area (Å²) < 4.78 is 0. The van der Waals surface area contributed by atoms with E-state index >= 15 is 0 Å². The molecule has 5 heteroatoms. The first-order valence-electron chi connectivity index (χ1n) is 7.79. The highest BCUT2D eigenvalue weighted by atomic mass is 32.1. The first-order valence-corrected chi connectivity index (χ1v) is 8.67. The number of para-hydroxylation sites is 1. The van der Waals surface area contributed by atoms with Crippen LogP contribution in [0.5, 0.6) is 0 Å². The Morgan fingerprint density at radius 3 is 2.61 bits per heavy atom. The Morgan fingerprint density at radius 1 is 1.22 bits per heavy atom. The molecule has 1 aromatic carbocycles. The number of hydrogen-bond acceptors (Lipinski definition) is 3. The number of hydrogen-bond donors (Lipinski definition) is 1. The van der Waals surface area contributed by atoms with Gasteiger partial charge in [-0.05, 0) is 49.3 Å². The Balaban J connectivity index is 1.82. The summed E-state index contributed by atoms with van der Waals surface area (Å²) in [4.78, 5) is 27.3. The third kappa shape index (κ3) is 3.45. The summed E-state index contributed by atoms with van der Waals surface area (Å²) in [6.45, 7) is 2.04. The molecule has 1 fully saturated rings. The lowest BCUT2D eigenvalue weighted by molar-refractivity contribution is 0.0936. The molecule has 120 valence electrons. The minimum absolute atomic E-state index is 0.101. The highest BCUT2D eigenvalue weighted by Crippen LogP contribution is 2.32. The smallest absolute Gasteiger partial charge is 0.268 e. The van der Waals surface area contributed by atoms with E-state index < -0.39 is 0 Å². The summed E-state index contributed by atoms with van der Waals surface area (Å²) in [6.07, 6.45) is 2.36. The Bertz CT molecular complexity index is 708. The molecule has 1 N–H and O–H groups in total. The summed E-state index contributed by atoms with van der Waals surface area (Å²) in [5, 5.41) is 4.92. The van der Waals surface area contributed by atoms with Gasteiger partial charge in [-0.3, -0.25) is 9.59 Å². The number of rotatable bonds is 5. The number of thiophene rings is 1. The molecule has 1 aliphatic carbocycles. The van der Waals surface area contributed by atoms with Gasteiger partial charge in [-0.1, -0.05) is 18.2 Å². The van der Waals surface area contributed by atoms with Crippen molar-refractivity contribution in [2.45, 2.75) is 25.8 Å². The molecule has 4 nitrogen and oxygen atoms in total. The van der Waals surface area contributed by atoms with Gasteiger partial charge in [0.05, 0.1) is 16.1 Å². The van der Waals surface area contributed by atoms with Crippen LogP contribution in [0.2, 0.25) is 0 Å². The molecule has 2 aromatic rings. The number of nitrogens with zero attached hydrogens (tertiary/aromatic N) is 1. The van der Waals surface area contributed by atoms with Crippen LogP contribution in [0, 0.1) is 5.92 Å². The van der Waals surface area contributed by atoms with Gasteiger partial charge >= 0.3 is 0 Å². The van der Waals surface area contributed by atoms with Crippen molar-refractivity contribution < 1.29 is 9.59 Å². The van der Waals surface area contributed by atoms with E-state index in [2.05, 4.69) is 5.32 Å². The molecule has 23 heavy (non-hydrogen) atoms. The Kier molecular flexibility index (Phi) is 4.48. The zero-order valence-electron chi connectivity index (χ0n) is 13.3.